The van der Waals surface area contributed by atoms with Gasteiger partial charge in [0, 0.05) is 18.6 Å². The van der Waals surface area contributed by atoms with Crippen LogP contribution in [0.1, 0.15) is 58.6 Å². The lowest BCUT2D eigenvalue weighted by atomic mass is 10.2. The maximum Gasteiger partial charge on any atom is 0.336 e. The molecule has 4 aromatic heterocycles. The first kappa shape index (κ1) is 39.5. The highest BCUT2D eigenvalue weighted by molar-refractivity contribution is 5.03. The van der Waals surface area contributed by atoms with Gasteiger partial charge in [-0.25, -0.2) is 28.1 Å². The molecule has 0 unspecified atom stereocenters. The van der Waals surface area contributed by atoms with Gasteiger partial charge < -0.3 is 13.4 Å². The Kier molecular flexibility index (Phi) is 14.2. The first-order valence-electron chi connectivity index (χ1n) is 18.8. The van der Waals surface area contributed by atoms with Crippen molar-refractivity contribution in [1.29, 1.82) is 0 Å². The molecule has 0 aliphatic carbocycles. The van der Waals surface area contributed by atoms with Gasteiger partial charge in [0.1, 0.15) is 19.6 Å². The normalized spacial score (nSPS) is 12.4. The van der Waals surface area contributed by atoms with Crippen LogP contribution in [0.2, 0.25) is 0 Å². The van der Waals surface area contributed by atoms with E-state index in [1.54, 1.807) is 18.6 Å². The molecule has 0 atom stereocenters. The molecule has 0 fully saturated rings. The number of nitrogens with zero attached hydrogens (tertiary/aromatic N) is 9. The predicted molar refractivity (Wildman–Crippen MR) is 202 cm³/mol. The molecule has 0 spiro atoms. The van der Waals surface area contributed by atoms with Crippen LogP contribution >= 0.6 is 0 Å². The van der Waals surface area contributed by atoms with E-state index in [4.69, 9.17) is 0 Å². The Balaban J connectivity index is 1.74. The second kappa shape index (κ2) is 18.3. The quantitative estimate of drug-likeness (QED) is 0.123. The molecule has 4 heterocycles. The molecule has 0 aliphatic heterocycles. The fourth-order valence-corrected chi connectivity index (χ4v) is 7.23. The molecule has 0 saturated heterocycles. The molecule has 4 rings (SSSR count). The Bertz CT molecular complexity index is 1570. The molecule has 12 heteroatoms. The Morgan fingerprint density at radius 3 is 0.882 bits per heavy atom. The molecule has 12 nitrogen and oxygen atoms in total. The van der Waals surface area contributed by atoms with Crippen molar-refractivity contribution < 1.29 is 13.4 Å². The molecule has 0 N–H and O–H groups in total. The summed E-state index contributed by atoms with van der Waals surface area (Å²) in [6.07, 6.45) is 5.39. The van der Waals surface area contributed by atoms with Crippen molar-refractivity contribution in [2.24, 2.45) is 0 Å². The summed E-state index contributed by atoms with van der Waals surface area (Å²) in [5, 5.41) is 0. The van der Waals surface area contributed by atoms with Crippen LogP contribution in [0.25, 0.3) is 0 Å². The van der Waals surface area contributed by atoms with Crippen LogP contribution in [-0.2, 0) is 39.3 Å². The van der Waals surface area contributed by atoms with Crippen molar-refractivity contribution in [1.82, 2.24) is 28.7 Å². The number of hydrogen-bond donors (Lipinski definition) is 0. The maximum atomic E-state index is 14.3. The summed E-state index contributed by atoms with van der Waals surface area (Å²) in [5.74, 6) is 0. The minimum absolute atomic E-state index is 0.206. The van der Waals surface area contributed by atoms with Gasteiger partial charge >= 0.3 is 17.1 Å². The van der Waals surface area contributed by atoms with Crippen molar-refractivity contribution >= 4 is 0 Å². The lowest BCUT2D eigenvalue weighted by Gasteiger charge is -2.37. The lowest BCUT2D eigenvalue weighted by molar-refractivity contribution is -0.938. The van der Waals surface area contributed by atoms with Crippen molar-refractivity contribution in [2.75, 3.05) is 58.9 Å². The third-order valence-corrected chi connectivity index (χ3v) is 11.5. The van der Waals surface area contributed by atoms with E-state index >= 15 is 0 Å². The van der Waals surface area contributed by atoms with Gasteiger partial charge in [-0.3, -0.25) is 15.0 Å². The van der Waals surface area contributed by atoms with E-state index < -0.39 is 17.1 Å². The van der Waals surface area contributed by atoms with Gasteiger partial charge in [0.25, 0.3) is 0 Å². The number of aromatic nitrogens is 6. The van der Waals surface area contributed by atoms with E-state index in [1.807, 2.05) is 54.6 Å². The van der Waals surface area contributed by atoms with Gasteiger partial charge in [0.15, 0.2) is 0 Å². The monoisotopic (exact) mass is 702 g/mol. The standard InChI is InChI=1S/C39H60N9O3/c1-7-46(8-2,31-34-19-13-16-22-40-34)28-25-43-37(49)44(26-29-47(9-3,10-4)32-35-20-14-17-23-41-35)39(51)45(38(43)50)27-30-48(11-5,12-6)33-36-21-15-18-24-42-36/h13-24H,7-12,25-33H2,1-6H3/q+3. The SMILES string of the molecule is CC[N+](CC)(CCn1c(=O)n(CC[N+](CC)(CC)Cc2ccccn2)c(=O)n(CC[N+](CC)(CC)Cc2ccccn2)c1=O)Cc1ccccn1. The van der Waals surface area contributed by atoms with Crippen LogP contribution in [0, 0.1) is 0 Å². The van der Waals surface area contributed by atoms with Crippen molar-refractivity contribution in [3.05, 3.63) is 122 Å². The minimum atomic E-state index is -0.534. The molecule has 0 aliphatic rings. The lowest BCUT2D eigenvalue weighted by Crippen LogP contribution is -2.60. The van der Waals surface area contributed by atoms with Crippen LogP contribution in [0.4, 0.5) is 0 Å². The molecular weight excluding hydrogens is 642 g/mol. The largest absolute Gasteiger partial charge is 0.336 e. The van der Waals surface area contributed by atoms with Crippen molar-refractivity contribution in [3.8, 4) is 0 Å². The molecular formula is C39H60N9O3+3. The summed E-state index contributed by atoms with van der Waals surface area (Å²) in [7, 11) is 0. The fraction of sp³-hybridized carbons (Fsp3) is 0.538. The maximum absolute atomic E-state index is 14.3. The summed E-state index contributed by atoms with van der Waals surface area (Å²) in [6.45, 7) is 22.1. The smallest absolute Gasteiger partial charge is 0.318 e. The average molecular weight is 703 g/mol. The zero-order chi connectivity index (χ0) is 36.9. The topological polar surface area (TPSA) is 105 Å². The van der Waals surface area contributed by atoms with E-state index in [1.165, 1.54) is 13.7 Å². The Morgan fingerprint density at radius 1 is 0.431 bits per heavy atom. The van der Waals surface area contributed by atoms with Crippen LogP contribution in [-0.4, -0.2) is 101 Å². The highest BCUT2D eigenvalue weighted by atomic mass is 16.2. The third-order valence-electron chi connectivity index (χ3n) is 11.5. The minimum Gasteiger partial charge on any atom is -0.318 e. The molecule has 0 aromatic carbocycles. The van der Waals surface area contributed by atoms with Gasteiger partial charge in [-0.2, -0.15) is 0 Å². The number of hydrogen-bond acceptors (Lipinski definition) is 6. The number of rotatable bonds is 21. The second-order valence-electron chi connectivity index (χ2n) is 13.8. The van der Waals surface area contributed by atoms with E-state index in [0.717, 1.165) is 56.4 Å². The summed E-state index contributed by atoms with van der Waals surface area (Å²) in [4.78, 5) is 56.6. The molecule has 0 radical (unpaired) electrons. The average Bonchev–Trinajstić information content (AvgIpc) is 3.17. The van der Waals surface area contributed by atoms with E-state index in [0.29, 0.717) is 52.7 Å². The first-order chi connectivity index (χ1) is 24.6. The van der Waals surface area contributed by atoms with E-state index in [9.17, 15) is 14.4 Å². The predicted octanol–water partition coefficient (Wildman–Crippen LogP) is 3.53. The van der Waals surface area contributed by atoms with Crippen molar-refractivity contribution in [3.63, 3.8) is 0 Å². The van der Waals surface area contributed by atoms with Crippen LogP contribution in [0.15, 0.2) is 87.6 Å². The van der Waals surface area contributed by atoms with E-state index in [2.05, 4.69) is 56.5 Å². The molecule has 0 saturated carbocycles. The Hall–Kier alpha value is -4.26. The first-order valence-corrected chi connectivity index (χ1v) is 18.8. The summed E-state index contributed by atoms with van der Waals surface area (Å²) in [5.41, 5.74) is 1.31. The van der Waals surface area contributed by atoms with Gasteiger partial charge in [-0.05, 0) is 77.9 Å². The zero-order valence-electron chi connectivity index (χ0n) is 31.8. The van der Waals surface area contributed by atoms with Crippen LogP contribution < -0.4 is 17.1 Å². The van der Waals surface area contributed by atoms with Crippen LogP contribution in [0.3, 0.4) is 0 Å². The summed E-state index contributed by atoms with van der Waals surface area (Å²) in [6, 6.07) is 17.7. The molecule has 276 valence electrons. The molecule has 0 amide bonds. The summed E-state index contributed by atoms with van der Waals surface area (Å²) >= 11 is 0. The fourth-order valence-electron chi connectivity index (χ4n) is 7.23. The molecule has 51 heavy (non-hydrogen) atoms. The van der Waals surface area contributed by atoms with Gasteiger partial charge in [-0.15, -0.1) is 0 Å². The van der Waals surface area contributed by atoms with Crippen LogP contribution in [0.5, 0.6) is 0 Å². The molecule has 4 aromatic rings. The van der Waals surface area contributed by atoms with Gasteiger partial charge in [0.2, 0.25) is 0 Å². The highest BCUT2D eigenvalue weighted by Crippen LogP contribution is 2.16. The highest BCUT2D eigenvalue weighted by Gasteiger charge is 2.30. The summed E-state index contributed by atoms with van der Waals surface area (Å²) < 4.78 is 5.92. The Morgan fingerprint density at radius 2 is 0.686 bits per heavy atom. The number of pyridine rings is 3. The van der Waals surface area contributed by atoms with E-state index in [-0.39, 0.29) is 19.6 Å². The third kappa shape index (κ3) is 9.75. The van der Waals surface area contributed by atoms with Gasteiger partial charge in [-0.1, -0.05) is 18.2 Å². The zero-order valence-corrected chi connectivity index (χ0v) is 31.8. The second-order valence-corrected chi connectivity index (χ2v) is 13.8. The van der Waals surface area contributed by atoms with Crippen molar-refractivity contribution in [2.45, 2.75) is 80.8 Å². The number of likely N-dealkylation sites (N-methyl/N-ethyl adjacent to an activating group) is 3. The Labute approximate surface area is 303 Å². The molecule has 0 bridgehead atoms. The number of quaternary nitrogens is 3. The van der Waals surface area contributed by atoms with Gasteiger partial charge in [0.05, 0.1) is 95.6 Å².